The van der Waals surface area contributed by atoms with E-state index in [2.05, 4.69) is 42.5 Å². The molecule has 8 aliphatic rings. The standard InChI is InChI=1S/C80H93Cl3N10O26/c1-31(2)18-45(86-7)71(104)92-61-63(99)36-11-16-49(43(82)20-36)114-51-22-38-23-52(67(51)119-78-68(65(101)64(100)53(30-94)116-78)118-56-28-80(6,70(103)33(4)113-56)87-29-34-8-13-39(81)14-9-34)115-50-17-12-37(21-44(50)83)66(117-55-27-79(5,85)69(102)32(3)112-55)62-76(109)91-60(77(110)111)42-24-40(95)25-48(97)57(42)41-19-35(10-15-47(41)96)58(73(106)93-62)90-74(107)59(38)89-72(105)46(26-54(84)98)88-75(61)108/h8-17,19-25,31-33,45-46,53,55-56,58-66,68-70,78,86-87,94-97,99-103H,18,26-30,85H2,1-7H3,(H2,84,98)(H,88,108)(H,89,105)(H,90,107)(H,91,109)(H,92,104)(H,93,106)(H,110,111)/t32-,33-,45+,46-,53+,55-,56-,58+,59+,60-,61+,62-,63+,64+,65-,66+,68+,69+,70+,78-,79-,80-/m0/s1. The SMILES string of the molecule is CN[C@H](CC(C)C)C(=O)N[C@H]1C(=O)N[C@@H](CC(N)=O)C(=O)N[C@H]2C(=O)N[C@H]3C(=O)N[C@H](C(=O)N[C@H](C(=O)O)c4cc(O)cc(O)c4-c4cc3ccc4O)[C@H](O[C@H]3C[C@](C)(N)[C@H](O)[C@H](C)O3)c3ccc(c(Cl)c3)Oc3cc2cc(c3O[C@@H]2O[C@H](CO)[C@@H](O)[C@H](O)[C@H]2O[C@H]2C[C@](C)(NCc3ccc(Cl)cc3)[C@H](O)[C@H](C)O2)Oc2ccc(cc2Cl)[C@H]1O. The Morgan fingerprint density at radius 3 is 1.87 bits per heavy atom. The van der Waals surface area contributed by atoms with E-state index >= 15 is 24.0 Å². The van der Waals surface area contributed by atoms with Gasteiger partial charge < -0.3 is 143 Å². The minimum absolute atomic E-state index is 0.116. The maximum atomic E-state index is 16.5. The highest BCUT2D eigenvalue weighted by Crippen LogP contribution is 2.51. The Morgan fingerprint density at radius 1 is 0.655 bits per heavy atom. The van der Waals surface area contributed by atoms with Crippen LogP contribution in [0.2, 0.25) is 15.1 Å². The second kappa shape index (κ2) is 36.2. The van der Waals surface area contributed by atoms with Gasteiger partial charge in [-0.2, -0.15) is 0 Å². The van der Waals surface area contributed by atoms with E-state index in [9.17, 15) is 65.4 Å². The van der Waals surface area contributed by atoms with Gasteiger partial charge in [0.05, 0.1) is 53.5 Å². The number of primary amides is 1. The number of carboxylic acids is 1. The van der Waals surface area contributed by atoms with Crippen LogP contribution in [0.25, 0.3) is 11.1 Å². The van der Waals surface area contributed by atoms with Crippen LogP contribution in [0.1, 0.15) is 131 Å². The lowest BCUT2D eigenvalue weighted by Crippen LogP contribution is -2.65. The fourth-order valence-electron chi connectivity index (χ4n) is 15.3. The van der Waals surface area contributed by atoms with E-state index in [1.807, 2.05) is 13.8 Å². The van der Waals surface area contributed by atoms with Gasteiger partial charge in [0.2, 0.25) is 53.4 Å². The van der Waals surface area contributed by atoms with Crippen molar-refractivity contribution >= 4 is 82.1 Å². The van der Waals surface area contributed by atoms with Gasteiger partial charge in [0, 0.05) is 58.2 Å². The number of aliphatic carboxylic acids is 1. The molecule has 6 aromatic rings. The molecule has 640 valence electrons. The molecule has 0 aliphatic carbocycles. The number of carbonyl (C=O) groups excluding carboxylic acids is 7. The fourth-order valence-corrected chi connectivity index (χ4v) is 15.9. The Hall–Kier alpha value is -9.81. The number of rotatable bonds is 18. The number of nitrogens with one attached hydrogen (secondary N) is 8. The van der Waals surface area contributed by atoms with Crippen molar-refractivity contribution in [3.63, 3.8) is 0 Å². The van der Waals surface area contributed by atoms with E-state index < -0.39 is 261 Å². The second-order valence-electron chi connectivity index (χ2n) is 31.1. The summed E-state index contributed by atoms with van der Waals surface area (Å²) in [6, 6.07) is 6.47. The molecular formula is C80H93Cl3N10O26. The molecule has 3 saturated heterocycles. The molecule has 36 nitrogen and oxygen atoms in total. The van der Waals surface area contributed by atoms with Crippen molar-refractivity contribution in [2.45, 2.75) is 207 Å². The average Bonchev–Trinajstić information content (AvgIpc) is 0.763. The molecule has 7 amide bonds. The molecule has 3 fully saturated rings. The number of phenolic OH excluding ortho intramolecular Hbond substituents is 3. The zero-order valence-corrected chi connectivity index (χ0v) is 67.2. The van der Waals surface area contributed by atoms with E-state index in [-0.39, 0.29) is 59.2 Å². The minimum atomic E-state index is -2.39. The molecule has 39 heteroatoms. The number of halogens is 3. The number of phenols is 3. The van der Waals surface area contributed by atoms with Gasteiger partial charge in [-0.3, -0.25) is 33.6 Å². The van der Waals surface area contributed by atoms with E-state index in [4.69, 9.17) is 84.2 Å². The van der Waals surface area contributed by atoms with E-state index in [1.54, 1.807) is 38.1 Å². The van der Waals surface area contributed by atoms with E-state index in [0.717, 1.165) is 54.1 Å². The molecule has 0 radical (unpaired) electrons. The summed E-state index contributed by atoms with van der Waals surface area (Å²) in [5, 5.41) is 137. The molecule has 0 saturated carbocycles. The van der Waals surface area contributed by atoms with Gasteiger partial charge in [-0.1, -0.05) is 79.0 Å². The summed E-state index contributed by atoms with van der Waals surface area (Å²) in [4.78, 5) is 120. The molecular weight excluding hydrogens is 1620 g/mol. The predicted molar refractivity (Wildman–Crippen MR) is 420 cm³/mol. The van der Waals surface area contributed by atoms with E-state index in [0.29, 0.717) is 5.02 Å². The molecule has 8 aliphatic heterocycles. The molecule has 0 aromatic heterocycles. The number of hydrogen-bond acceptors (Lipinski definition) is 28. The fraction of sp³-hybridized carbons (Fsp3) is 0.450. The Morgan fingerprint density at radius 2 is 1.26 bits per heavy atom. The van der Waals surface area contributed by atoms with Crippen molar-refractivity contribution in [3.05, 3.63) is 152 Å². The highest BCUT2D eigenvalue weighted by atomic mass is 35.5. The van der Waals surface area contributed by atoms with Gasteiger partial charge in [-0.25, -0.2) is 4.79 Å². The van der Waals surface area contributed by atoms with Crippen molar-refractivity contribution in [2.24, 2.45) is 17.4 Å². The third kappa shape index (κ3) is 19.3. The van der Waals surface area contributed by atoms with Crippen LogP contribution in [0.3, 0.4) is 0 Å². The number of carbonyl (C=O) groups is 8. The lowest BCUT2D eigenvalue weighted by atomic mass is 9.84. The summed E-state index contributed by atoms with van der Waals surface area (Å²) in [5.74, 6) is -16.1. The molecule has 0 unspecified atom stereocenters. The number of aliphatic hydroxyl groups excluding tert-OH is 6. The Balaban J connectivity index is 1.10. The number of hydrogen-bond donors (Lipinski definition) is 20. The van der Waals surface area contributed by atoms with Crippen LogP contribution in [-0.2, 0) is 68.6 Å². The van der Waals surface area contributed by atoms with Crippen LogP contribution in [0.15, 0.2) is 103 Å². The van der Waals surface area contributed by atoms with Gasteiger partial charge >= 0.3 is 5.97 Å². The van der Waals surface area contributed by atoms with Crippen LogP contribution in [0, 0.1) is 5.92 Å². The summed E-state index contributed by atoms with van der Waals surface area (Å²) in [6.45, 7) is 9.02. The third-order valence-corrected chi connectivity index (χ3v) is 22.6. The summed E-state index contributed by atoms with van der Waals surface area (Å²) in [5.41, 5.74) is 7.74. The number of amides is 7. The summed E-state index contributed by atoms with van der Waals surface area (Å²) in [7, 11) is 1.47. The molecule has 0 spiro atoms. The van der Waals surface area contributed by atoms with Gasteiger partial charge in [0.15, 0.2) is 36.2 Å². The molecule has 22 atom stereocenters. The van der Waals surface area contributed by atoms with Crippen LogP contribution >= 0.6 is 34.8 Å². The monoisotopic (exact) mass is 1710 g/mol. The normalized spacial score (nSPS) is 30.7. The number of fused-ring (bicyclic) bond motifs is 15. The number of aliphatic hydroxyl groups is 6. The summed E-state index contributed by atoms with van der Waals surface area (Å²) >= 11 is 20.8. The van der Waals surface area contributed by atoms with Crippen LogP contribution in [-0.4, -0.2) is 215 Å². The maximum Gasteiger partial charge on any atom is 0.330 e. The van der Waals surface area contributed by atoms with Crippen LogP contribution in [0.5, 0.6) is 46.0 Å². The van der Waals surface area contributed by atoms with E-state index in [1.165, 1.54) is 51.2 Å². The second-order valence-corrected chi connectivity index (χ2v) is 32.4. The molecule has 8 heterocycles. The van der Waals surface area contributed by atoms with Crippen molar-refractivity contribution < 1.29 is 127 Å². The Labute approximate surface area is 695 Å². The van der Waals surface area contributed by atoms with Crippen molar-refractivity contribution in [3.8, 4) is 57.1 Å². The molecule has 11 bridgehead atoms. The molecule has 6 aromatic carbocycles. The predicted octanol–water partition coefficient (Wildman–Crippen LogP) is 2.83. The molecule has 119 heavy (non-hydrogen) atoms. The Kier molecular flexibility index (Phi) is 26.9. The van der Waals surface area contributed by atoms with Gasteiger partial charge in [0.25, 0.3) is 0 Å². The van der Waals surface area contributed by atoms with Crippen molar-refractivity contribution in [1.82, 2.24) is 42.5 Å². The first kappa shape index (κ1) is 88.5. The zero-order valence-electron chi connectivity index (χ0n) is 65.0. The van der Waals surface area contributed by atoms with Gasteiger partial charge in [-0.15, -0.1) is 0 Å². The van der Waals surface area contributed by atoms with Crippen LogP contribution in [0.4, 0.5) is 0 Å². The smallest absolute Gasteiger partial charge is 0.330 e. The number of likely N-dealkylation sites (N-methyl/N-ethyl adjacent to an activating group) is 1. The average molecular weight is 1720 g/mol. The first-order valence-corrected chi connectivity index (χ1v) is 39.1. The largest absolute Gasteiger partial charge is 0.508 e. The van der Waals surface area contributed by atoms with Crippen molar-refractivity contribution in [1.29, 1.82) is 0 Å². The quantitative estimate of drug-likeness (QED) is 0.0588. The molecule has 22 N–H and O–H groups in total. The minimum Gasteiger partial charge on any atom is -0.508 e. The topological polar surface area (TPSA) is 561 Å². The number of ether oxygens (including phenoxy) is 8. The highest BCUT2D eigenvalue weighted by Gasteiger charge is 2.53. The van der Waals surface area contributed by atoms with Crippen LogP contribution < -0.4 is 68.2 Å². The van der Waals surface area contributed by atoms with Crippen molar-refractivity contribution in [2.75, 3.05) is 13.7 Å². The first-order chi connectivity index (χ1) is 56.2. The number of carboxylic acid groups (broad SMARTS) is 1. The number of nitrogens with two attached hydrogens (primary N) is 2. The molecule has 14 rings (SSSR count). The number of benzene rings is 6. The summed E-state index contributed by atoms with van der Waals surface area (Å²) in [6.07, 6.45) is -22.8. The van der Waals surface area contributed by atoms with Gasteiger partial charge in [0.1, 0.15) is 89.5 Å². The van der Waals surface area contributed by atoms with Gasteiger partial charge in [-0.05, 0) is 142 Å². The summed E-state index contributed by atoms with van der Waals surface area (Å²) < 4.78 is 52.6. The lowest BCUT2D eigenvalue weighted by Gasteiger charge is -2.48. The number of aromatic hydroxyl groups is 3. The zero-order chi connectivity index (χ0) is 86.3. The first-order valence-electron chi connectivity index (χ1n) is 38.0. The third-order valence-electron chi connectivity index (χ3n) is 21.7. The Bertz CT molecular complexity index is 4860. The maximum absolute atomic E-state index is 16.5. The highest BCUT2D eigenvalue weighted by molar-refractivity contribution is 6.32. The lowest BCUT2D eigenvalue weighted by molar-refractivity contribution is -0.334.